The van der Waals surface area contributed by atoms with E-state index in [1.807, 2.05) is 0 Å². The van der Waals surface area contributed by atoms with Crippen LogP contribution in [-0.2, 0) is 0 Å². The van der Waals surface area contributed by atoms with Gasteiger partial charge in [0.05, 0.1) is 13.4 Å². The highest BCUT2D eigenvalue weighted by Crippen LogP contribution is 2.41. The lowest BCUT2D eigenvalue weighted by atomic mass is 9.70. The van der Waals surface area contributed by atoms with Crippen LogP contribution in [0.25, 0.3) is 0 Å². The lowest BCUT2D eigenvalue weighted by Crippen LogP contribution is -2.63. The molecule has 2 N–H and O–H groups in total. The van der Waals surface area contributed by atoms with Gasteiger partial charge in [0.1, 0.15) is 0 Å². The Morgan fingerprint density at radius 2 is 0.794 bits per heavy atom. The highest BCUT2D eigenvalue weighted by molar-refractivity contribution is 4.96. The fourth-order valence-electron chi connectivity index (χ4n) is 7.57. The van der Waals surface area contributed by atoms with Gasteiger partial charge < -0.3 is 10.4 Å². The monoisotopic (exact) mass is 484 g/mol. The Kier molecular flexibility index (Phi) is 11.0. The first-order valence-electron chi connectivity index (χ1n) is 13.5. The van der Waals surface area contributed by atoms with Crippen molar-refractivity contribution >= 4 is 0 Å². The van der Waals surface area contributed by atoms with Crippen LogP contribution in [0.1, 0.15) is 125 Å². The highest BCUT2D eigenvalue weighted by Gasteiger charge is 2.44. The molecule has 0 aliphatic rings. The third-order valence-corrected chi connectivity index (χ3v) is 6.79. The molecule has 0 atom stereocenters. The van der Waals surface area contributed by atoms with Gasteiger partial charge in [-0.15, -0.1) is 0 Å². The Morgan fingerprint density at radius 1 is 0.500 bits per heavy atom. The summed E-state index contributed by atoms with van der Waals surface area (Å²) in [4.78, 5) is 4.90. The zero-order chi connectivity index (χ0) is 27.7. The molecule has 0 heterocycles. The average molecular weight is 484 g/mol. The summed E-state index contributed by atoms with van der Waals surface area (Å²) < 4.78 is 0. The largest absolute Gasteiger partial charge is 0.381 e. The molecule has 34 heavy (non-hydrogen) atoms. The Bertz CT molecular complexity index is 558. The quantitative estimate of drug-likeness (QED) is 0.352. The Morgan fingerprint density at radius 3 is 1.03 bits per heavy atom. The predicted octanol–water partition coefficient (Wildman–Crippen LogP) is 7.43. The van der Waals surface area contributed by atoms with Crippen LogP contribution in [0.5, 0.6) is 0 Å². The summed E-state index contributed by atoms with van der Waals surface area (Å²) in [5, 5.41) is 14.7. The molecule has 4 heteroatoms. The van der Waals surface area contributed by atoms with E-state index in [0.29, 0.717) is 12.1 Å². The molecule has 0 amide bonds. The molecule has 0 aliphatic heterocycles. The number of nitrogens with one attached hydrogen (secondary N) is 1. The standard InChI is InChI=1S/C30H65N3O/c1-25(2,3)22(26(4,5)6)31-19-32(23(27(7,8)9)28(10,11)12)20-33(21-34)24(29(13,14)15)30(16,17)18/h22-24,31,34H,19-21H2,1-18H3. The second-order valence-corrected chi connectivity index (χ2v) is 17.3. The zero-order valence-corrected chi connectivity index (χ0v) is 26.7. The minimum Gasteiger partial charge on any atom is -0.381 e. The highest BCUT2D eigenvalue weighted by atomic mass is 16.3. The number of aliphatic hydroxyl groups is 1. The van der Waals surface area contributed by atoms with Gasteiger partial charge in [0, 0.05) is 24.8 Å². The summed E-state index contributed by atoms with van der Waals surface area (Å²) in [6, 6.07) is 0.906. The SMILES string of the molecule is CC(C)(C)C(NCN(CN(CO)C(C(C)(C)C)C(C)(C)C)C(C(C)(C)C)C(C)(C)C)C(C)(C)C. The minimum atomic E-state index is 0.0401. The van der Waals surface area contributed by atoms with Gasteiger partial charge in [-0.1, -0.05) is 125 Å². The summed E-state index contributed by atoms with van der Waals surface area (Å²) in [5.74, 6) is 0. The number of hydrogen-bond acceptors (Lipinski definition) is 4. The topological polar surface area (TPSA) is 38.7 Å². The Labute approximate surface area is 215 Å². The van der Waals surface area contributed by atoms with E-state index in [0.717, 1.165) is 13.3 Å². The van der Waals surface area contributed by atoms with Crippen LogP contribution in [0.3, 0.4) is 0 Å². The van der Waals surface area contributed by atoms with Crippen molar-refractivity contribution in [3.05, 3.63) is 0 Å². The van der Waals surface area contributed by atoms with Crippen LogP contribution in [0.2, 0.25) is 0 Å². The first kappa shape index (κ1) is 33.8. The van der Waals surface area contributed by atoms with Gasteiger partial charge in [-0.3, -0.25) is 9.80 Å². The van der Waals surface area contributed by atoms with Crippen molar-refractivity contribution in [1.82, 2.24) is 15.1 Å². The third kappa shape index (κ3) is 10.1. The molecule has 0 aliphatic carbocycles. The molecule has 0 radical (unpaired) electrons. The number of aliphatic hydroxyl groups excluding tert-OH is 1. The van der Waals surface area contributed by atoms with Gasteiger partial charge in [0.25, 0.3) is 0 Å². The van der Waals surface area contributed by atoms with Crippen molar-refractivity contribution in [3.8, 4) is 0 Å². The molecule has 0 saturated heterocycles. The van der Waals surface area contributed by atoms with Crippen molar-refractivity contribution in [3.63, 3.8) is 0 Å². The molecule has 0 fully saturated rings. The molecule has 206 valence electrons. The first-order chi connectivity index (χ1) is 14.6. The Hall–Kier alpha value is -0.160. The van der Waals surface area contributed by atoms with Crippen LogP contribution in [-0.4, -0.2) is 53.1 Å². The smallest absolute Gasteiger partial charge is 0.0969 e. The number of rotatable bonds is 8. The maximum atomic E-state index is 10.7. The summed E-state index contributed by atoms with van der Waals surface area (Å²) in [7, 11) is 0. The summed E-state index contributed by atoms with van der Waals surface area (Å²) in [6.45, 7) is 43.5. The molecule has 0 saturated carbocycles. The third-order valence-electron chi connectivity index (χ3n) is 6.79. The van der Waals surface area contributed by atoms with Crippen molar-refractivity contribution < 1.29 is 5.11 Å². The van der Waals surface area contributed by atoms with Crippen LogP contribution in [0.15, 0.2) is 0 Å². The minimum absolute atomic E-state index is 0.0401. The maximum absolute atomic E-state index is 10.7. The van der Waals surface area contributed by atoms with Gasteiger partial charge in [-0.25, -0.2) is 0 Å². The van der Waals surface area contributed by atoms with Crippen molar-refractivity contribution in [2.45, 2.75) is 143 Å². The molecule has 0 rings (SSSR count). The lowest BCUT2D eigenvalue weighted by molar-refractivity contribution is -0.0982. The summed E-state index contributed by atoms with van der Waals surface area (Å²) in [6.07, 6.45) is 0. The van der Waals surface area contributed by atoms with E-state index in [-0.39, 0.29) is 45.3 Å². The van der Waals surface area contributed by atoms with Crippen LogP contribution >= 0.6 is 0 Å². The second kappa shape index (κ2) is 11.1. The van der Waals surface area contributed by atoms with Gasteiger partial charge >= 0.3 is 0 Å². The Balaban J connectivity index is 6.51. The molecule has 0 bridgehead atoms. The van der Waals surface area contributed by atoms with E-state index < -0.39 is 0 Å². The summed E-state index contributed by atoms with van der Waals surface area (Å²) >= 11 is 0. The zero-order valence-electron chi connectivity index (χ0n) is 26.7. The fraction of sp³-hybridized carbons (Fsp3) is 1.00. The van der Waals surface area contributed by atoms with E-state index in [4.69, 9.17) is 0 Å². The normalized spacial score (nSPS) is 15.5. The van der Waals surface area contributed by atoms with Crippen LogP contribution < -0.4 is 5.32 Å². The number of nitrogens with zero attached hydrogens (tertiary/aromatic N) is 2. The molecular formula is C30H65N3O. The molecular weight excluding hydrogens is 418 g/mol. The van der Waals surface area contributed by atoms with Gasteiger partial charge in [-0.2, -0.15) is 0 Å². The van der Waals surface area contributed by atoms with Gasteiger partial charge in [0.15, 0.2) is 0 Å². The fourth-order valence-corrected chi connectivity index (χ4v) is 7.57. The second-order valence-electron chi connectivity index (χ2n) is 17.3. The first-order valence-corrected chi connectivity index (χ1v) is 13.5. The van der Waals surface area contributed by atoms with E-state index in [2.05, 4.69) is 140 Å². The van der Waals surface area contributed by atoms with Crippen LogP contribution in [0.4, 0.5) is 0 Å². The summed E-state index contributed by atoms with van der Waals surface area (Å²) in [5.41, 5.74) is 0.520. The predicted molar refractivity (Wildman–Crippen MR) is 152 cm³/mol. The van der Waals surface area contributed by atoms with Crippen molar-refractivity contribution in [2.75, 3.05) is 20.1 Å². The van der Waals surface area contributed by atoms with E-state index in [1.165, 1.54) is 0 Å². The molecule has 4 nitrogen and oxygen atoms in total. The van der Waals surface area contributed by atoms with E-state index in [9.17, 15) is 5.11 Å². The van der Waals surface area contributed by atoms with Crippen molar-refractivity contribution in [2.24, 2.45) is 32.5 Å². The molecule has 0 aromatic heterocycles. The maximum Gasteiger partial charge on any atom is 0.0969 e. The van der Waals surface area contributed by atoms with Crippen LogP contribution in [0, 0.1) is 32.5 Å². The molecule has 0 spiro atoms. The molecule has 0 aromatic carbocycles. The van der Waals surface area contributed by atoms with E-state index >= 15 is 0 Å². The molecule has 0 aromatic rings. The van der Waals surface area contributed by atoms with Gasteiger partial charge in [0.2, 0.25) is 0 Å². The van der Waals surface area contributed by atoms with Gasteiger partial charge in [-0.05, 0) is 32.5 Å². The number of hydrogen-bond donors (Lipinski definition) is 2. The lowest BCUT2D eigenvalue weighted by Gasteiger charge is -2.53. The average Bonchev–Trinajstić information content (AvgIpc) is 2.45. The molecule has 0 unspecified atom stereocenters. The van der Waals surface area contributed by atoms with E-state index in [1.54, 1.807) is 0 Å². The van der Waals surface area contributed by atoms with Crippen molar-refractivity contribution in [1.29, 1.82) is 0 Å².